The van der Waals surface area contributed by atoms with E-state index in [-0.39, 0.29) is 17.8 Å². The molecule has 0 aliphatic rings. The highest BCUT2D eigenvalue weighted by Gasteiger charge is 2.18. The highest BCUT2D eigenvalue weighted by Crippen LogP contribution is 2.00. The van der Waals surface area contributed by atoms with Gasteiger partial charge in [0, 0.05) is 12.6 Å². The number of nitrogens with two attached hydrogens (primary N) is 1. The lowest BCUT2D eigenvalue weighted by molar-refractivity contribution is -0.146. The summed E-state index contributed by atoms with van der Waals surface area (Å²) in [6, 6.07) is 0. The van der Waals surface area contributed by atoms with Gasteiger partial charge < -0.3 is 15.5 Å². The van der Waals surface area contributed by atoms with E-state index in [1.54, 1.807) is 13.8 Å². The number of esters is 1. The van der Waals surface area contributed by atoms with Crippen LogP contribution in [-0.4, -0.2) is 37.2 Å². The summed E-state index contributed by atoms with van der Waals surface area (Å²) in [6.07, 6.45) is 1.31. The molecule has 9 nitrogen and oxygen atoms in total. The number of carbonyl (C=O) groups excluding carboxylic acids is 1. The van der Waals surface area contributed by atoms with Gasteiger partial charge >= 0.3 is 11.7 Å². The number of aromatic amines is 1. The minimum atomic E-state index is -0.702. The number of ether oxygens (including phenoxy) is 1. The molecule has 21 heavy (non-hydrogen) atoms. The Morgan fingerprint density at radius 3 is 2.76 bits per heavy atom. The van der Waals surface area contributed by atoms with E-state index in [1.807, 2.05) is 0 Å². The monoisotopic (exact) mass is 295 g/mol. The Morgan fingerprint density at radius 2 is 2.14 bits per heavy atom. The summed E-state index contributed by atoms with van der Waals surface area (Å²) in [6.45, 7) is 2.91. The molecule has 0 bridgehead atoms. The fourth-order valence-corrected chi connectivity index (χ4v) is 1.77. The van der Waals surface area contributed by atoms with Crippen LogP contribution >= 0.6 is 0 Å². The third-order valence-corrected chi connectivity index (χ3v) is 2.81. The summed E-state index contributed by atoms with van der Waals surface area (Å²) in [5, 5.41) is 0. The Hall–Kier alpha value is -2.42. The van der Waals surface area contributed by atoms with Crippen LogP contribution in [0.15, 0.2) is 15.9 Å². The highest BCUT2D eigenvalue weighted by atomic mass is 16.5. The van der Waals surface area contributed by atoms with Crippen LogP contribution in [0.2, 0.25) is 0 Å². The predicted molar refractivity (Wildman–Crippen MR) is 74.8 cm³/mol. The third kappa shape index (κ3) is 3.02. The first kappa shape index (κ1) is 15.0. The van der Waals surface area contributed by atoms with Gasteiger partial charge in [-0.3, -0.25) is 14.2 Å². The Balaban J connectivity index is 2.33. The minimum absolute atomic E-state index is 0.00674. The first-order valence-electron chi connectivity index (χ1n) is 6.28. The topological polar surface area (TPSA) is 125 Å². The van der Waals surface area contributed by atoms with Crippen molar-refractivity contribution < 1.29 is 9.53 Å². The molecule has 0 aliphatic carbocycles. The van der Waals surface area contributed by atoms with E-state index in [0.29, 0.717) is 0 Å². The van der Waals surface area contributed by atoms with Crippen LogP contribution in [0.3, 0.4) is 0 Å². The number of imidazole rings is 1. The van der Waals surface area contributed by atoms with Crippen LogP contribution in [0.5, 0.6) is 0 Å². The summed E-state index contributed by atoms with van der Waals surface area (Å²) in [7, 11) is 1.47. The van der Waals surface area contributed by atoms with E-state index in [9.17, 15) is 14.4 Å². The smallest absolute Gasteiger partial charge is 0.333 e. The van der Waals surface area contributed by atoms with Gasteiger partial charge in [-0.25, -0.2) is 14.3 Å². The van der Waals surface area contributed by atoms with Gasteiger partial charge in [0.2, 0.25) is 0 Å². The second-order valence-electron chi connectivity index (χ2n) is 5.48. The van der Waals surface area contributed by atoms with E-state index >= 15 is 0 Å². The SMILES string of the molecule is Cn1c(=O)n(CC(=O)OCC(C)(C)N)c(=O)c2[nH]cnc21. The van der Waals surface area contributed by atoms with Crippen molar-refractivity contribution in [3.63, 3.8) is 0 Å². The molecule has 2 rings (SSSR count). The Kier molecular flexibility index (Phi) is 3.69. The molecular formula is C12H17N5O4. The van der Waals surface area contributed by atoms with Gasteiger partial charge in [0.1, 0.15) is 18.7 Å². The van der Waals surface area contributed by atoms with Gasteiger partial charge in [0.15, 0.2) is 5.65 Å². The second kappa shape index (κ2) is 5.17. The van der Waals surface area contributed by atoms with Crippen LogP contribution in [0, 0.1) is 0 Å². The second-order valence-corrected chi connectivity index (χ2v) is 5.48. The molecule has 0 saturated carbocycles. The average molecular weight is 295 g/mol. The van der Waals surface area contributed by atoms with Crippen molar-refractivity contribution in [2.75, 3.05) is 6.61 Å². The van der Waals surface area contributed by atoms with E-state index in [1.165, 1.54) is 17.9 Å². The number of rotatable bonds is 4. The van der Waals surface area contributed by atoms with Crippen molar-refractivity contribution >= 4 is 17.1 Å². The Labute approximate surface area is 119 Å². The lowest BCUT2D eigenvalue weighted by atomic mass is 10.1. The van der Waals surface area contributed by atoms with Gasteiger partial charge in [0.05, 0.1) is 6.33 Å². The maximum absolute atomic E-state index is 12.1. The van der Waals surface area contributed by atoms with Crippen LogP contribution in [0.25, 0.3) is 11.2 Å². The maximum Gasteiger partial charge on any atom is 0.333 e. The van der Waals surface area contributed by atoms with E-state index in [2.05, 4.69) is 9.97 Å². The normalized spacial score (nSPS) is 11.8. The number of hydrogen-bond acceptors (Lipinski definition) is 6. The predicted octanol–water partition coefficient (Wildman–Crippen LogP) is -1.30. The quantitative estimate of drug-likeness (QED) is 0.676. The molecule has 0 amide bonds. The summed E-state index contributed by atoms with van der Waals surface area (Å²) in [4.78, 5) is 42.5. The Bertz CT molecular complexity index is 793. The zero-order valence-electron chi connectivity index (χ0n) is 12.0. The first-order chi connectivity index (χ1) is 9.70. The lowest BCUT2D eigenvalue weighted by Gasteiger charge is -2.18. The fraction of sp³-hybridized carbons (Fsp3) is 0.500. The molecule has 0 fully saturated rings. The number of hydrogen-bond donors (Lipinski definition) is 2. The maximum atomic E-state index is 12.1. The summed E-state index contributed by atoms with van der Waals surface area (Å²) >= 11 is 0. The molecule has 114 valence electrons. The number of nitrogens with one attached hydrogen (secondary N) is 1. The molecule has 3 N–H and O–H groups in total. The van der Waals surface area contributed by atoms with Crippen LogP contribution in [-0.2, 0) is 23.1 Å². The third-order valence-electron chi connectivity index (χ3n) is 2.81. The van der Waals surface area contributed by atoms with E-state index < -0.39 is 29.3 Å². The van der Waals surface area contributed by atoms with Gasteiger partial charge in [-0.1, -0.05) is 0 Å². The highest BCUT2D eigenvalue weighted by molar-refractivity contribution is 5.71. The largest absolute Gasteiger partial charge is 0.462 e. The van der Waals surface area contributed by atoms with Gasteiger partial charge in [-0.05, 0) is 13.8 Å². The zero-order valence-corrected chi connectivity index (χ0v) is 12.0. The van der Waals surface area contributed by atoms with E-state index in [4.69, 9.17) is 10.5 Å². The van der Waals surface area contributed by atoms with Crippen molar-refractivity contribution in [3.05, 3.63) is 27.2 Å². The summed E-state index contributed by atoms with van der Waals surface area (Å²) in [5.74, 6) is -0.702. The summed E-state index contributed by atoms with van der Waals surface area (Å²) in [5.41, 5.74) is 4.15. The number of carbonyl (C=O) groups is 1. The number of H-pyrrole nitrogens is 1. The number of fused-ring (bicyclic) bond motifs is 1. The molecule has 0 spiro atoms. The average Bonchev–Trinajstić information content (AvgIpc) is 2.87. The molecule has 0 saturated heterocycles. The number of aryl methyl sites for hydroxylation is 1. The molecule has 0 unspecified atom stereocenters. The van der Waals surface area contributed by atoms with Crippen LogP contribution in [0.1, 0.15) is 13.8 Å². The van der Waals surface area contributed by atoms with Crippen molar-refractivity contribution in [3.8, 4) is 0 Å². The van der Waals surface area contributed by atoms with Gasteiger partial charge in [-0.2, -0.15) is 0 Å². The summed E-state index contributed by atoms with van der Waals surface area (Å²) < 4.78 is 6.94. The van der Waals surface area contributed by atoms with Crippen LogP contribution < -0.4 is 17.0 Å². The van der Waals surface area contributed by atoms with Gasteiger partial charge in [-0.15, -0.1) is 0 Å². The molecule has 2 heterocycles. The van der Waals surface area contributed by atoms with Gasteiger partial charge in [0.25, 0.3) is 5.56 Å². The molecule has 0 aliphatic heterocycles. The molecule has 0 radical (unpaired) electrons. The van der Waals surface area contributed by atoms with Crippen LogP contribution in [0.4, 0.5) is 0 Å². The number of nitrogens with zero attached hydrogens (tertiary/aromatic N) is 3. The standard InChI is InChI=1S/C12H17N5O4/c1-12(2,13)5-21-7(18)4-17-10(19)8-9(15-6-14-8)16(3)11(17)20/h6H,4-5,13H2,1-3H3,(H,14,15). The molecule has 2 aromatic rings. The first-order valence-corrected chi connectivity index (χ1v) is 6.28. The Morgan fingerprint density at radius 1 is 1.48 bits per heavy atom. The van der Waals surface area contributed by atoms with E-state index in [0.717, 1.165) is 4.57 Å². The molecule has 0 atom stereocenters. The van der Waals surface area contributed by atoms with Crippen molar-refractivity contribution in [1.82, 2.24) is 19.1 Å². The minimum Gasteiger partial charge on any atom is -0.462 e. The lowest BCUT2D eigenvalue weighted by Crippen LogP contribution is -2.43. The molecule has 0 aromatic carbocycles. The van der Waals surface area contributed by atoms with Crippen molar-refractivity contribution in [2.45, 2.75) is 25.9 Å². The van der Waals surface area contributed by atoms with Crippen molar-refractivity contribution in [1.29, 1.82) is 0 Å². The molecular weight excluding hydrogens is 278 g/mol. The molecule has 9 heteroatoms. The number of aromatic nitrogens is 4. The molecule has 2 aromatic heterocycles. The fourth-order valence-electron chi connectivity index (χ4n) is 1.77. The van der Waals surface area contributed by atoms with Crippen molar-refractivity contribution in [2.24, 2.45) is 12.8 Å². The zero-order chi connectivity index (χ0) is 15.8.